The number of benzene rings is 1. The smallest absolute Gasteiger partial charge is 0.338 e. The SMILES string of the molecule is CCOC(=O)c1ccc(N2CCN(Cc3cccnc3Br)CC2)cc1. The minimum absolute atomic E-state index is 0.263. The van der Waals surface area contributed by atoms with Crippen LogP contribution in [0.1, 0.15) is 22.8 Å². The topological polar surface area (TPSA) is 45.7 Å². The first-order valence-electron chi connectivity index (χ1n) is 8.51. The van der Waals surface area contributed by atoms with Crippen LogP contribution in [0.3, 0.4) is 0 Å². The quantitative estimate of drug-likeness (QED) is 0.565. The Hall–Kier alpha value is -1.92. The summed E-state index contributed by atoms with van der Waals surface area (Å²) in [5.41, 5.74) is 2.97. The van der Waals surface area contributed by atoms with Gasteiger partial charge in [-0.1, -0.05) is 6.07 Å². The van der Waals surface area contributed by atoms with E-state index in [4.69, 9.17) is 4.74 Å². The summed E-state index contributed by atoms with van der Waals surface area (Å²) in [4.78, 5) is 20.8. The Labute approximate surface area is 156 Å². The third-order valence-electron chi connectivity index (χ3n) is 4.35. The van der Waals surface area contributed by atoms with Gasteiger partial charge in [0.1, 0.15) is 4.60 Å². The van der Waals surface area contributed by atoms with Crippen LogP contribution in [0.5, 0.6) is 0 Å². The summed E-state index contributed by atoms with van der Waals surface area (Å²) >= 11 is 3.52. The lowest BCUT2D eigenvalue weighted by atomic mass is 10.1. The van der Waals surface area contributed by atoms with Gasteiger partial charge >= 0.3 is 5.97 Å². The average Bonchev–Trinajstić information content (AvgIpc) is 2.65. The zero-order chi connectivity index (χ0) is 17.6. The molecule has 3 rings (SSSR count). The second-order valence-corrected chi connectivity index (χ2v) is 6.74. The van der Waals surface area contributed by atoms with Crippen molar-refractivity contribution >= 4 is 27.6 Å². The molecule has 0 saturated carbocycles. The van der Waals surface area contributed by atoms with E-state index >= 15 is 0 Å². The monoisotopic (exact) mass is 403 g/mol. The van der Waals surface area contributed by atoms with Crippen LogP contribution < -0.4 is 4.90 Å². The number of anilines is 1. The molecule has 0 aliphatic carbocycles. The summed E-state index contributed by atoms with van der Waals surface area (Å²) < 4.78 is 5.95. The largest absolute Gasteiger partial charge is 0.462 e. The number of piperazine rings is 1. The van der Waals surface area contributed by atoms with Crippen LogP contribution in [-0.4, -0.2) is 48.6 Å². The normalized spacial score (nSPS) is 15.2. The number of pyridine rings is 1. The van der Waals surface area contributed by atoms with Crippen LogP contribution in [0.2, 0.25) is 0 Å². The molecule has 0 bridgehead atoms. The third kappa shape index (κ3) is 4.58. The number of rotatable bonds is 5. The minimum atomic E-state index is -0.263. The number of carbonyl (C=O) groups is 1. The maximum atomic E-state index is 11.7. The Bertz CT molecular complexity index is 713. The number of hydrogen-bond donors (Lipinski definition) is 0. The first-order chi connectivity index (χ1) is 12.2. The van der Waals surface area contributed by atoms with Crippen LogP contribution in [0.25, 0.3) is 0 Å². The molecular formula is C19H22BrN3O2. The molecule has 1 fully saturated rings. The van der Waals surface area contributed by atoms with Gasteiger partial charge in [-0.15, -0.1) is 0 Å². The van der Waals surface area contributed by atoms with E-state index in [1.807, 2.05) is 37.3 Å². The standard InChI is InChI=1S/C19H22BrN3O2/c1-2-25-19(24)15-5-7-17(8-6-15)23-12-10-22(11-13-23)14-16-4-3-9-21-18(16)20/h3-9H,2,10-14H2,1H3. The zero-order valence-corrected chi connectivity index (χ0v) is 15.9. The highest BCUT2D eigenvalue weighted by atomic mass is 79.9. The van der Waals surface area contributed by atoms with Crippen LogP contribution in [0, 0.1) is 0 Å². The number of aromatic nitrogens is 1. The number of esters is 1. The van der Waals surface area contributed by atoms with Gasteiger partial charge in [0, 0.05) is 44.6 Å². The van der Waals surface area contributed by atoms with E-state index in [-0.39, 0.29) is 5.97 Å². The number of hydrogen-bond acceptors (Lipinski definition) is 5. The van der Waals surface area contributed by atoms with Crippen molar-refractivity contribution in [1.29, 1.82) is 0 Å². The number of carbonyl (C=O) groups excluding carboxylic acids is 1. The molecule has 1 aromatic heterocycles. The molecule has 2 heterocycles. The highest BCUT2D eigenvalue weighted by Gasteiger charge is 2.18. The molecule has 1 saturated heterocycles. The van der Waals surface area contributed by atoms with Gasteiger partial charge in [0.2, 0.25) is 0 Å². The second-order valence-electron chi connectivity index (χ2n) is 5.98. The van der Waals surface area contributed by atoms with E-state index in [2.05, 4.69) is 36.8 Å². The van der Waals surface area contributed by atoms with Crippen LogP contribution in [0.15, 0.2) is 47.2 Å². The van der Waals surface area contributed by atoms with Gasteiger partial charge < -0.3 is 9.64 Å². The average molecular weight is 404 g/mol. The predicted molar refractivity (Wildman–Crippen MR) is 102 cm³/mol. The second kappa shape index (κ2) is 8.45. The van der Waals surface area contributed by atoms with Crippen molar-refractivity contribution in [3.8, 4) is 0 Å². The van der Waals surface area contributed by atoms with Gasteiger partial charge in [0.05, 0.1) is 12.2 Å². The summed E-state index contributed by atoms with van der Waals surface area (Å²) in [7, 11) is 0. The molecule has 0 radical (unpaired) electrons. The molecule has 132 valence electrons. The first kappa shape index (κ1) is 17.9. The Morgan fingerprint density at radius 3 is 2.52 bits per heavy atom. The van der Waals surface area contributed by atoms with Gasteiger partial charge in [-0.25, -0.2) is 9.78 Å². The molecule has 5 nitrogen and oxygen atoms in total. The minimum Gasteiger partial charge on any atom is -0.462 e. The number of halogens is 1. The summed E-state index contributed by atoms with van der Waals surface area (Å²) in [5.74, 6) is -0.263. The van der Waals surface area contributed by atoms with Crippen molar-refractivity contribution in [3.63, 3.8) is 0 Å². The van der Waals surface area contributed by atoms with Crippen LogP contribution in [-0.2, 0) is 11.3 Å². The lowest BCUT2D eigenvalue weighted by molar-refractivity contribution is 0.0526. The van der Waals surface area contributed by atoms with E-state index in [9.17, 15) is 4.79 Å². The maximum absolute atomic E-state index is 11.7. The molecule has 25 heavy (non-hydrogen) atoms. The Morgan fingerprint density at radius 1 is 1.16 bits per heavy atom. The van der Waals surface area contributed by atoms with Crippen molar-refractivity contribution in [2.75, 3.05) is 37.7 Å². The van der Waals surface area contributed by atoms with Crippen molar-refractivity contribution in [3.05, 3.63) is 58.3 Å². The van der Waals surface area contributed by atoms with Crippen LogP contribution >= 0.6 is 15.9 Å². The Kier molecular flexibility index (Phi) is 6.04. The van der Waals surface area contributed by atoms with E-state index in [0.29, 0.717) is 12.2 Å². The summed E-state index contributed by atoms with van der Waals surface area (Å²) in [6, 6.07) is 11.8. The fourth-order valence-corrected chi connectivity index (χ4v) is 3.34. The highest BCUT2D eigenvalue weighted by molar-refractivity contribution is 9.10. The summed E-state index contributed by atoms with van der Waals surface area (Å²) in [5, 5.41) is 0. The maximum Gasteiger partial charge on any atom is 0.338 e. The van der Waals surface area contributed by atoms with E-state index in [0.717, 1.165) is 43.0 Å². The van der Waals surface area contributed by atoms with Gasteiger partial charge in [0.15, 0.2) is 0 Å². The summed E-state index contributed by atoms with van der Waals surface area (Å²) in [6.45, 7) is 7.06. The fraction of sp³-hybridized carbons (Fsp3) is 0.368. The van der Waals surface area contributed by atoms with Crippen molar-refractivity contribution in [2.24, 2.45) is 0 Å². The first-order valence-corrected chi connectivity index (χ1v) is 9.30. The van der Waals surface area contributed by atoms with E-state index < -0.39 is 0 Å². The molecular weight excluding hydrogens is 382 g/mol. The molecule has 6 heteroatoms. The predicted octanol–water partition coefficient (Wildman–Crippen LogP) is 3.34. The fourth-order valence-electron chi connectivity index (χ4n) is 2.97. The van der Waals surface area contributed by atoms with Gasteiger partial charge in [-0.3, -0.25) is 4.90 Å². The van der Waals surface area contributed by atoms with E-state index in [1.165, 1.54) is 5.56 Å². The summed E-state index contributed by atoms with van der Waals surface area (Å²) in [6.07, 6.45) is 1.80. The lowest BCUT2D eigenvalue weighted by Gasteiger charge is -2.36. The lowest BCUT2D eigenvalue weighted by Crippen LogP contribution is -2.46. The molecule has 0 amide bonds. The molecule has 1 aliphatic heterocycles. The zero-order valence-electron chi connectivity index (χ0n) is 14.3. The van der Waals surface area contributed by atoms with Crippen molar-refractivity contribution in [2.45, 2.75) is 13.5 Å². The van der Waals surface area contributed by atoms with Crippen molar-refractivity contribution in [1.82, 2.24) is 9.88 Å². The molecule has 1 aromatic carbocycles. The molecule has 1 aliphatic rings. The third-order valence-corrected chi connectivity index (χ3v) is 5.06. The Balaban J connectivity index is 1.55. The molecule has 0 N–H and O–H groups in total. The van der Waals surface area contributed by atoms with Gasteiger partial charge in [0.25, 0.3) is 0 Å². The molecule has 0 atom stereocenters. The van der Waals surface area contributed by atoms with Crippen molar-refractivity contribution < 1.29 is 9.53 Å². The van der Waals surface area contributed by atoms with Gasteiger partial charge in [-0.2, -0.15) is 0 Å². The molecule has 2 aromatic rings. The van der Waals surface area contributed by atoms with Crippen LogP contribution in [0.4, 0.5) is 5.69 Å². The number of nitrogens with zero attached hydrogens (tertiary/aromatic N) is 3. The molecule has 0 unspecified atom stereocenters. The van der Waals surface area contributed by atoms with Gasteiger partial charge in [-0.05, 0) is 58.7 Å². The molecule has 0 spiro atoms. The number of ether oxygens (including phenoxy) is 1. The highest BCUT2D eigenvalue weighted by Crippen LogP contribution is 2.20. The van der Waals surface area contributed by atoms with E-state index in [1.54, 1.807) is 6.20 Å². The Morgan fingerprint density at radius 2 is 1.88 bits per heavy atom.